The monoisotopic (exact) mass is 285 g/mol. The molecule has 112 valence electrons. The van der Waals surface area contributed by atoms with Gasteiger partial charge in [0.25, 0.3) is 5.69 Å². The number of nitrogens with zero attached hydrogens (tertiary/aromatic N) is 1. The number of rotatable bonds is 4. The molecular formula is C12H19N3O5. The fraction of sp³-hybridized carbons (Fsp3) is 0.500. The smallest absolute Gasteiger partial charge is 0.300 e. The Balaban J connectivity index is 3.94. The lowest BCUT2D eigenvalue weighted by atomic mass is 9.89. The Hall–Kier alpha value is -1.90. The predicted octanol–water partition coefficient (Wildman–Crippen LogP) is 0.919. The van der Waals surface area contributed by atoms with Crippen LogP contribution in [-0.4, -0.2) is 20.2 Å². The van der Waals surface area contributed by atoms with Crippen LogP contribution in [0.15, 0.2) is 0 Å². The third-order valence-corrected chi connectivity index (χ3v) is 3.11. The fourth-order valence-corrected chi connectivity index (χ4v) is 2.36. The van der Waals surface area contributed by atoms with Crippen molar-refractivity contribution in [3.8, 4) is 0 Å². The van der Waals surface area contributed by atoms with Crippen molar-refractivity contribution in [2.24, 2.45) is 0 Å². The van der Waals surface area contributed by atoms with Crippen LogP contribution >= 0.6 is 0 Å². The highest BCUT2D eigenvalue weighted by molar-refractivity contribution is 5.79. The van der Waals surface area contributed by atoms with Crippen LogP contribution in [0.25, 0.3) is 0 Å². The average Bonchev–Trinajstić information content (AvgIpc) is 2.28. The van der Waals surface area contributed by atoms with E-state index in [2.05, 4.69) is 0 Å². The molecule has 0 radical (unpaired) electrons. The molecule has 0 fully saturated rings. The number of nitro benzene ring substituents is 1. The standard InChI is InChI=1S/C12H19N3O5/c1-4(16)7-8(5(2)17)11(14)12(15(19)20)9(6(3)18)10(7)13/h4-6,16-18H,13-14H2,1-3H3. The number of nitrogen functional groups attached to an aromatic ring is 2. The van der Waals surface area contributed by atoms with Crippen molar-refractivity contribution in [3.63, 3.8) is 0 Å². The van der Waals surface area contributed by atoms with Gasteiger partial charge in [0.15, 0.2) is 0 Å². The summed E-state index contributed by atoms with van der Waals surface area (Å²) in [6, 6.07) is 0. The van der Waals surface area contributed by atoms with E-state index in [0.29, 0.717) is 0 Å². The van der Waals surface area contributed by atoms with Gasteiger partial charge in [-0.25, -0.2) is 0 Å². The molecular weight excluding hydrogens is 266 g/mol. The van der Waals surface area contributed by atoms with Gasteiger partial charge < -0.3 is 26.8 Å². The zero-order valence-electron chi connectivity index (χ0n) is 11.5. The molecule has 8 nitrogen and oxygen atoms in total. The SMILES string of the molecule is CC(O)c1c(N)c(C(C)O)c([N+](=O)[O-])c(N)c1C(C)O. The van der Waals surface area contributed by atoms with Gasteiger partial charge in [0.1, 0.15) is 5.69 Å². The number of aliphatic hydroxyl groups is 3. The zero-order valence-corrected chi connectivity index (χ0v) is 11.5. The molecule has 0 bridgehead atoms. The molecule has 20 heavy (non-hydrogen) atoms. The first-order valence-electron chi connectivity index (χ1n) is 6.04. The highest BCUT2D eigenvalue weighted by Crippen LogP contribution is 2.45. The van der Waals surface area contributed by atoms with E-state index in [-0.39, 0.29) is 28.1 Å². The first-order valence-corrected chi connectivity index (χ1v) is 6.04. The Morgan fingerprint density at radius 2 is 1.25 bits per heavy atom. The Kier molecular flexibility index (Phi) is 4.53. The first-order chi connectivity index (χ1) is 9.11. The first kappa shape index (κ1) is 16.2. The number of hydrogen-bond acceptors (Lipinski definition) is 7. The van der Waals surface area contributed by atoms with E-state index in [9.17, 15) is 25.4 Å². The van der Waals surface area contributed by atoms with E-state index in [1.807, 2.05) is 0 Å². The minimum atomic E-state index is -1.24. The van der Waals surface area contributed by atoms with Crippen molar-refractivity contribution >= 4 is 17.1 Å². The minimum absolute atomic E-state index is 0.00796. The van der Waals surface area contributed by atoms with Gasteiger partial charge in [-0.1, -0.05) is 0 Å². The average molecular weight is 285 g/mol. The molecule has 0 aliphatic carbocycles. The molecule has 0 aromatic heterocycles. The normalized spacial score (nSPS) is 15.7. The highest BCUT2D eigenvalue weighted by atomic mass is 16.6. The summed E-state index contributed by atoms with van der Waals surface area (Å²) in [5.74, 6) is 0. The van der Waals surface area contributed by atoms with Crippen molar-refractivity contribution in [3.05, 3.63) is 26.8 Å². The summed E-state index contributed by atoms with van der Waals surface area (Å²) in [6.45, 7) is 4.07. The highest BCUT2D eigenvalue weighted by Gasteiger charge is 2.33. The van der Waals surface area contributed by atoms with Crippen molar-refractivity contribution in [1.82, 2.24) is 0 Å². The molecule has 0 spiro atoms. The van der Waals surface area contributed by atoms with Crippen LogP contribution in [-0.2, 0) is 0 Å². The maximum atomic E-state index is 11.2. The molecule has 1 aromatic carbocycles. The van der Waals surface area contributed by atoms with Crippen LogP contribution in [0.2, 0.25) is 0 Å². The number of aliphatic hydroxyl groups excluding tert-OH is 3. The van der Waals surface area contributed by atoms with E-state index >= 15 is 0 Å². The van der Waals surface area contributed by atoms with Gasteiger partial charge in [-0.2, -0.15) is 0 Å². The number of nitrogens with two attached hydrogens (primary N) is 2. The van der Waals surface area contributed by atoms with Crippen molar-refractivity contribution in [1.29, 1.82) is 0 Å². The second-order valence-corrected chi connectivity index (χ2v) is 4.70. The molecule has 0 aliphatic rings. The maximum Gasteiger partial charge on any atom is 0.300 e. The van der Waals surface area contributed by atoms with Crippen molar-refractivity contribution < 1.29 is 20.2 Å². The lowest BCUT2D eigenvalue weighted by molar-refractivity contribution is -0.385. The maximum absolute atomic E-state index is 11.2. The van der Waals surface area contributed by atoms with Gasteiger partial charge in [-0.05, 0) is 20.8 Å². The van der Waals surface area contributed by atoms with Gasteiger partial charge >= 0.3 is 0 Å². The Bertz CT molecular complexity index is 541. The third-order valence-electron chi connectivity index (χ3n) is 3.11. The minimum Gasteiger partial charge on any atom is -0.398 e. The van der Waals surface area contributed by atoms with Gasteiger partial charge in [0, 0.05) is 11.1 Å². The van der Waals surface area contributed by atoms with Crippen LogP contribution in [0.3, 0.4) is 0 Å². The summed E-state index contributed by atoms with van der Waals surface area (Å²) in [4.78, 5) is 10.4. The summed E-state index contributed by atoms with van der Waals surface area (Å²) in [5, 5.41) is 40.4. The Morgan fingerprint density at radius 1 is 0.900 bits per heavy atom. The molecule has 3 atom stereocenters. The molecule has 0 saturated heterocycles. The van der Waals surface area contributed by atoms with E-state index in [1.54, 1.807) is 0 Å². The van der Waals surface area contributed by atoms with Gasteiger partial charge in [-0.3, -0.25) is 10.1 Å². The number of nitro groups is 1. The molecule has 0 saturated carbocycles. The Morgan fingerprint density at radius 3 is 1.55 bits per heavy atom. The van der Waals surface area contributed by atoms with Crippen LogP contribution in [0, 0.1) is 10.1 Å². The topological polar surface area (TPSA) is 156 Å². The predicted molar refractivity (Wildman–Crippen MR) is 73.8 cm³/mol. The zero-order chi connectivity index (χ0) is 15.8. The molecule has 3 unspecified atom stereocenters. The van der Waals surface area contributed by atoms with E-state index in [0.717, 1.165) is 0 Å². The lowest BCUT2D eigenvalue weighted by Crippen LogP contribution is -2.16. The van der Waals surface area contributed by atoms with Crippen LogP contribution in [0.4, 0.5) is 17.1 Å². The molecule has 8 heteroatoms. The second-order valence-electron chi connectivity index (χ2n) is 4.70. The molecule has 1 aromatic rings. The summed E-state index contributed by atoms with van der Waals surface area (Å²) in [5.41, 5.74) is 10.6. The van der Waals surface area contributed by atoms with Crippen LogP contribution in [0.1, 0.15) is 55.8 Å². The Labute approximate surface area is 115 Å². The van der Waals surface area contributed by atoms with Crippen molar-refractivity contribution in [2.75, 3.05) is 11.5 Å². The van der Waals surface area contributed by atoms with E-state index in [1.165, 1.54) is 20.8 Å². The van der Waals surface area contributed by atoms with Crippen LogP contribution < -0.4 is 11.5 Å². The quantitative estimate of drug-likeness (QED) is 0.313. The van der Waals surface area contributed by atoms with Gasteiger partial charge in [-0.15, -0.1) is 0 Å². The summed E-state index contributed by atoms with van der Waals surface area (Å²) in [6.07, 6.45) is -3.48. The fourth-order valence-electron chi connectivity index (χ4n) is 2.36. The molecule has 0 heterocycles. The molecule has 0 aliphatic heterocycles. The third kappa shape index (κ3) is 2.53. The number of anilines is 2. The summed E-state index contributed by atoms with van der Waals surface area (Å²) in [7, 11) is 0. The van der Waals surface area contributed by atoms with Gasteiger partial charge in [0.2, 0.25) is 0 Å². The van der Waals surface area contributed by atoms with E-state index < -0.39 is 28.9 Å². The van der Waals surface area contributed by atoms with Crippen molar-refractivity contribution in [2.45, 2.75) is 39.1 Å². The largest absolute Gasteiger partial charge is 0.398 e. The molecule has 7 N–H and O–H groups in total. The lowest BCUT2D eigenvalue weighted by Gasteiger charge is -2.23. The summed E-state index contributed by atoms with van der Waals surface area (Å²) >= 11 is 0. The second kappa shape index (κ2) is 5.61. The number of hydrogen-bond donors (Lipinski definition) is 5. The number of benzene rings is 1. The van der Waals surface area contributed by atoms with Gasteiger partial charge in [0.05, 0.1) is 34.5 Å². The van der Waals surface area contributed by atoms with E-state index in [4.69, 9.17) is 11.5 Å². The van der Waals surface area contributed by atoms with Crippen LogP contribution in [0.5, 0.6) is 0 Å². The molecule has 0 amide bonds. The summed E-state index contributed by atoms with van der Waals surface area (Å²) < 4.78 is 0. The molecule has 1 rings (SSSR count).